The maximum atomic E-state index is 12.9. The number of para-hydroxylation sites is 1. The number of hydrogen-bond donors (Lipinski definition) is 2. The molecule has 4 rings (SSSR count). The quantitative estimate of drug-likeness (QED) is 0.366. The molecule has 1 aromatic heterocycles. The molecule has 1 heterocycles. The van der Waals surface area contributed by atoms with Crippen LogP contribution in [0.1, 0.15) is 22.7 Å². The van der Waals surface area contributed by atoms with Crippen molar-refractivity contribution >= 4 is 17.5 Å². The standard InChI is InChI=1S/C28H28N4O3/c1-35-26-15-9-8-14-23(26)17-27(33)30-24-18-29-32(19-24)20-28(34)31-25(22-12-6-3-7-13-22)16-21-10-4-2-5-11-21/h2-15,18-19,25H,16-17,20H2,1H3,(H,30,33)(H,31,34). The van der Waals surface area contributed by atoms with Crippen LogP contribution in [0.2, 0.25) is 0 Å². The lowest BCUT2D eigenvalue weighted by molar-refractivity contribution is -0.122. The third-order valence-electron chi connectivity index (χ3n) is 5.59. The molecule has 7 heteroatoms. The van der Waals surface area contributed by atoms with Gasteiger partial charge in [0.05, 0.1) is 31.5 Å². The van der Waals surface area contributed by atoms with Crippen LogP contribution in [0.15, 0.2) is 97.3 Å². The molecule has 0 fully saturated rings. The Morgan fingerprint density at radius 3 is 2.34 bits per heavy atom. The number of carbonyl (C=O) groups excluding carboxylic acids is 2. The Bertz CT molecular complexity index is 1260. The third kappa shape index (κ3) is 6.80. The summed E-state index contributed by atoms with van der Waals surface area (Å²) in [5, 5.41) is 10.2. The molecule has 1 atom stereocenters. The summed E-state index contributed by atoms with van der Waals surface area (Å²) in [5.41, 5.74) is 3.50. The number of nitrogens with zero attached hydrogens (tertiary/aromatic N) is 2. The number of methoxy groups -OCH3 is 1. The number of aromatic nitrogens is 2. The predicted molar refractivity (Wildman–Crippen MR) is 135 cm³/mol. The van der Waals surface area contributed by atoms with Gasteiger partial charge in [0.1, 0.15) is 12.3 Å². The highest BCUT2D eigenvalue weighted by Gasteiger charge is 2.16. The third-order valence-corrected chi connectivity index (χ3v) is 5.59. The molecule has 1 unspecified atom stereocenters. The van der Waals surface area contributed by atoms with Crippen LogP contribution in [0.3, 0.4) is 0 Å². The number of rotatable bonds is 10. The average Bonchev–Trinajstić information content (AvgIpc) is 3.31. The Hall–Kier alpha value is -4.39. The van der Waals surface area contributed by atoms with Gasteiger partial charge in [0.2, 0.25) is 11.8 Å². The van der Waals surface area contributed by atoms with Gasteiger partial charge in [0, 0.05) is 11.8 Å². The maximum absolute atomic E-state index is 12.9. The van der Waals surface area contributed by atoms with Crippen molar-refractivity contribution in [3.63, 3.8) is 0 Å². The van der Waals surface area contributed by atoms with Crippen LogP contribution < -0.4 is 15.4 Å². The van der Waals surface area contributed by atoms with E-state index >= 15 is 0 Å². The van der Waals surface area contributed by atoms with E-state index in [-0.39, 0.29) is 30.8 Å². The summed E-state index contributed by atoms with van der Waals surface area (Å²) in [7, 11) is 1.58. The van der Waals surface area contributed by atoms with E-state index in [4.69, 9.17) is 4.74 Å². The fourth-order valence-corrected chi connectivity index (χ4v) is 3.92. The van der Waals surface area contributed by atoms with Crippen molar-refractivity contribution < 1.29 is 14.3 Å². The van der Waals surface area contributed by atoms with Crippen LogP contribution in [0.25, 0.3) is 0 Å². The van der Waals surface area contributed by atoms with E-state index < -0.39 is 0 Å². The summed E-state index contributed by atoms with van der Waals surface area (Å²) in [6, 6.07) is 27.2. The molecule has 7 nitrogen and oxygen atoms in total. The van der Waals surface area contributed by atoms with Gasteiger partial charge < -0.3 is 15.4 Å². The van der Waals surface area contributed by atoms with Crippen LogP contribution in [0.5, 0.6) is 5.75 Å². The highest BCUT2D eigenvalue weighted by atomic mass is 16.5. The molecule has 178 valence electrons. The molecule has 0 aliphatic heterocycles. The molecule has 0 aliphatic rings. The van der Waals surface area contributed by atoms with Gasteiger partial charge in [-0.25, -0.2) is 0 Å². The maximum Gasteiger partial charge on any atom is 0.242 e. The minimum absolute atomic E-state index is 0.0422. The zero-order valence-corrected chi connectivity index (χ0v) is 19.6. The second kappa shape index (κ2) is 11.7. The van der Waals surface area contributed by atoms with Crippen molar-refractivity contribution in [2.75, 3.05) is 12.4 Å². The van der Waals surface area contributed by atoms with Crippen molar-refractivity contribution in [1.29, 1.82) is 0 Å². The van der Waals surface area contributed by atoms with E-state index in [9.17, 15) is 9.59 Å². The van der Waals surface area contributed by atoms with Crippen LogP contribution in [0, 0.1) is 0 Å². The molecular weight excluding hydrogens is 440 g/mol. The first kappa shape index (κ1) is 23.8. The number of amides is 2. The predicted octanol–water partition coefficient (Wildman–Crippen LogP) is 4.17. The lowest BCUT2D eigenvalue weighted by Gasteiger charge is -2.19. The number of nitrogens with one attached hydrogen (secondary N) is 2. The molecule has 0 radical (unpaired) electrons. The van der Waals surface area contributed by atoms with Crippen molar-refractivity contribution in [3.05, 3.63) is 114 Å². The van der Waals surface area contributed by atoms with E-state index in [0.717, 1.165) is 16.7 Å². The fraction of sp³-hybridized carbons (Fsp3) is 0.179. The zero-order chi connectivity index (χ0) is 24.5. The number of ether oxygens (including phenoxy) is 1. The smallest absolute Gasteiger partial charge is 0.242 e. The molecule has 0 aliphatic carbocycles. The lowest BCUT2D eigenvalue weighted by atomic mass is 9.99. The number of anilines is 1. The molecular formula is C28H28N4O3. The van der Waals surface area contributed by atoms with Crippen molar-refractivity contribution in [1.82, 2.24) is 15.1 Å². The molecule has 35 heavy (non-hydrogen) atoms. The monoisotopic (exact) mass is 468 g/mol. The zero-order valence-electron chi connectivity index (χ0n) is 19.6. The SMILES string of the molecule is COc1ccccc1CC(=O)Nc1cnn(CC(=O)NC(Cc2ccccc2)c2ccccc2)c1. The fourth-order valence-electron chi connectivity index (χ4n) is 3.92. The summed E-state index contributed by atoms with van der Waals surface area (Å²) < 4.78 is 6.82. The summed E-state index contributed by atoms with van der Waals surface area (Å²) in [4.78, 5) is 25.3. The average molecular weight is 469 g/mol. The molecule has 0 saturated carbocycles. The van der Waals surface area contributed by atoms with E-state index in [1.165, 1.54) is 10.9 Å². The second-order valence-corrected chi connectivity index (χ2v) is 8.18. The first-order chi connectivity index (χ1) is 17.1. The first-order valence-corrected chi connectivity index (χ1v) is 11.4. The van der Waals surface area contributed by atoms with Gasteiger partial charge in [0.25, 0.3) is 0 Å². The van der Waals surface area contributed by atoms with Gasteiger partial charge in [-0.3, -0.25) is 14.3 Å². The molecule has 2 N–H and O–H groups in total. The van der Waals surface area contributed by atoms with Crippen molar-refractivity contribution in [2.24, 2.45) is 0 Å². The van der Waals surface area contributed by atoms with Crippen molar-refractivity contribution in [3.8, 4) is 5.75 Å². The molecule has 3 aromatic carbocycles. The molecule has 0 bridgehead atoms. The first-order valence-electron chi connectivity index (χ1n) is 11.4. The summed E-state index contributed by atoms with van der Waals surface area (Å²) in [6.45, 7) is 0.0422. The topological polar surface area (TPSA) is 85.2 Å². The summed E-state index contributed by atoms with van der Waals surface area (Å²) >= 11 is 0. The van der Waals surface area contributed by atoms with E-state index in [1.54, 1.807) is 13.3 Å². The van der Waals surface area contributed by atoms with Crippen LogP contribution in [0.4, 0.5) is 5.69 Å². The van der Waals surface area contributed by atoms with Crippen molar-refractivity contribution in [2.45, 2.75) is 25.4 Å². The minimum Gasteiger partial charge on any atom is -0.496 e. The Labute approximate surface area is 204 Å². The molecule has 0 saturated heterocycles. The van der Waals surface area contributed by atoms with Gasteiger partial charge in [-0.15, -0.1) is 0 Å². The Morgan fingerprint density at radius 2 is 1.60 bits per heavy atom. The Morgan fingerprint density at radius 1 is 0.914 bits per heavy atom. The Balaban J connectivity index is 1.36. The van der Waals surface area contributed by atoms with Gasteiger partial charge >= 0.3 is 0 Å². The molecule has 0 spiro atoms. The normalized spacial score (nSPS) is 11.5. The van der Waals surface area contributed by atoms with Gasteiger partial charge in [-0.2, -0.15) is 5.10 Å². The van der Waals surface area contributed by atoms with E-state index in [0.29, 0.717) is 17.9 Å². The van der Waals surface area contributed by atoms with Crippen LogP contribution in [-0.4, -0.2) is 28.7 Å². The van der Waals surface area contributed by atoms with Gasteiger partial charge in [0.15, 0.2) is 0 Å². The van der Waals surface area contributed by atoms with Crippen LogP contribution in [-0.2, 0) is 29.0 Å². The lowest BCUT2D eigenvalue weighted by Crippen LogP contribution is -2.32. The second-order valence-electron chi connectivity index (χ2n) is 8.18. The Kier molecular flexibility index (Phi) is 7.91. The highest BCUT2D eigenvalue weighted by molar-refractivity contribution is 5.92. The summed E-state index contributed by atoms with van der Waals surface area (Å²) in [6.07, 6.45) is 4.04. The van der Waals surface area contributed by atoms with E-state index in [2.05, 4.69) is 27.9 Å². The number of benzene rings is 3. The number of carbonyl (C=O) groups is 2. The van der Waals surface area contributed by atoms with Crippen LogP contribution >= 0.6 is 0 Å². The van der Waals surface area contributed by atoms with Gasteiger partial charge in [-0.1, -0.05) is 78.9 Å². The van der Waals surface area contributed by atoms with Gasteiger partial charge in [-0.05, 0) is 23.6 Å². The largest absolute Gasteiger partial charge is 0.496 e. The highest BCUT2D eigenvalue weighted by Crippen LogP contribution is 2.20. The summed E-state index contributed by atoms with van der Waals surface area (Å²) in [5.74, 6) is 0.314. The molecule has 2 amide bonds. The molecule has 4 aromatic rings. The number of hydrogen-bond acceptors (Lipinski definition) is 4. The minimum atomic E-state index is -0.189. The van der Waals surface area contributed by atoms with E-state index in [1.807, 2.05) is 72.8 Å².